The quantitative estimate of drug-likeness (QED) is 0.634. The number of hydrogen-bond acceptors (Lipinski definition) is 6. The highest BCUT2D eigenvalue weighted by Gasteiger charge is 2.36. The summed E-state index contributed by atoms with van der Waals surface area (Å²) < 4.78 is 12.4. The summed E-state index contributed by atoms with van der Waals surface area (Å²) in [4.78, 5) is 11.0. The molecular weight excluding hydrogens is 276 g/mol. The molecule has 0 aliphatic carbocycles. The fourth-order valence-electron chi connectivity index (χ4n) is 2.51. The van der Waals surface area contributed by atoms with Gasteiger partial charge in [0.1, 0.15) is 11.3 Å². The zero-order chi connectivity index (χ0) is 15.6. The Morgan fingerprint density at radius 2 is 2.33 bits per heavy atom. The summed E-state index contributed by atoms with van der Waals surface area (Å²) in [6.45, 7) is 5.35. The van der Waals surface area contributed by atoms with Gasteiger partial charge in [0.2, 0.25) is 5.82 Å². The summed E-state index contributed by atoms with van der Waals surface area (Å²) in [7, 11) is 3.33. The number of aromatic nitrogens is 2. The van der Waals surface area contributed by atoms with E-state index in [1.807, 2.05) is 13.8 Å². The molecule has 1 atom stereocenters. The Bertz CT molecular complexity index is 520. The lowest BCUT2D eigenvalue weighted by molar-refractivity contribution is -0.384. The smallest absolute Gasteiger partial charge is 0.334 e. The van der Waals surface area contributed by atoms with Crippen LogP contribution >= 0.6 is 0 Å². The summed E-state index contributed by atoms with van der Waals surface area (Å²) in [5, 5.41) is 18.8. The van der Waals surface area contributed by atoms with Crippen molar-refractivity contribution in [2.75, 3.05) is 32.2 Å². The maximum atomic E-state index is 11.4. The van der Waals surface area contributed by atoms with Gasteiger partial charge in [0.15, 0.2) is 0 Å². The van der Waals surface area contributed by atoms with Crippen molar-refractivity contribution < 1.29 is 14.4 Å². The van der Waals surface area contributed by atoms with Crippen molar-refractivity contribution in [3.63, 3.8) is 0 Å². The highest BCUT2D eigenvalue weighted by Crippen LogP contribution is 2.33. The minimum atomic E-state index is -0.434. The van der Waals surface area contributed by atoms with Crippen molar-refractivity contribution in [1.29, 1.82) is 0 Å². The zero-order valence-corrected chi connectivity index (χ0v) is 12.9. The van der Waals surface area contributed by atoms with Gasteiger partial charge in [-0.2, -0.15) is 5.10 Å². The number of nitrogens with one attached hydrogen (secondary N) is 1. The van der Waals surface area contributed by atoms with E-state index in [-0.39, 0.29) is 16.5 Å². The van der Waals surface area contributed by atoms with Gasteiger partial charge in [-0.1, -0.05) is 13.8 Å². The van der Waals surface area contributed by atoms with Gasteiger partial charge in [-0.25, -0.2) is 4.68 Å². The van der Waals surface area contributed by atoms with Crippen LogP contribution in [0.4, 0.5) is 11.5 Å². The van der Waals surface area contributed by atoms with Crippen molar-refractivity contribution >= 4 is 11.5 Å². The van der Waals surface area contributed by atoms with Gasteiger partial charge in [-0.3, -0.25) is 10.1 Å². The Hall–Kier alpha value is -1.67. The van der Waals surface area contributed by atoms with Crippen molar-refractivity contribution in [3.05, 3.63) is 15.8 Å². The molecule has 1 saturated heterocycles. The molecule has 118 valence electrons. The largest absolute Gasteiger partial charge is 0.378 e. The van der Waals surface area contributed by atoms with Crippen LogP contribution in [-0.2, 0) is 16.5 Å². The van der Waals surface area contributed by atoms with E-state index in [0.717, 1.165) is 6.42 Å². The summed E-state index contributed by atoms with van der Waals surface area (Å²) in [6.07, 6.45) is 0.763. The molecule has 2 heterocycles. The second-order valence-electron chi connectivity index (χ2n) is 5.66. The molecule has 0 bridgehead atoms. The molecule has 1 aliphatic rings. The molecule has 0 radical (unpaired) electrons. The van der Waals surface area contributed by atoms with Crippen LogP contribution in [0.3, 0.4) is 0 Å². The Labute approximate surface area is 123 Å². The first-order valence-corrected chi connectivity index (χ1v) is 6.98. The molecule has 0 spiro atoms. The van der Waals surface area contributed by atoms with E-state index in [2.05, 4.69) is 10.4 Å². The van der Waals surface area contributed by atoms with E-state index in [1.54, 1.807) is 14.2 Å². The third-order valence-corrected chi connectivity index (χ3v) is 3.86. The molecule has 1 fully saturated rings. The van der Waals surface area contributed by atoms with Gasteiger partial charge < -0.3 is 14.8 Å². The third-order valence-electron chi connectivity index (χ3n) is 3.86. The second kappa shape index (κ2) is 5.98. The van der Waals surface area contributed by atoms with E-state index < -0.39 is 5.60 Å². The molecule has 0 saturated carbocycles. The molecule has 1 unspecified atom stereocenters. The maximum absolute atomic E-state index is 11.4. The number of rotatable bonds is 6. The van der Waals surface area contributed by atoms with Crippen molar-refractivity contribution in [3.8, 4) is 0 Å². The van der Waals surface area contributed by atoms with Crippen LogP contribution in [0.5, 0.6) is 0 Å². The van der Waals surface area contributed by atoms with E-state index in [0.29, 0.717) is 31.3 Å². The summed E-state index contributed by atoms with van der Waals surface area (Å²) in [6, 6.07) is 0. The summed E-state index contributed by atoms with van der Waals surface area (Å²) >= 11 is 0. The normalized spacial score (nSPS) is 22.0. The average molecular weight is 298 g/mol. The molecular formula is C13H22N4O4. The predicted octanol–water partition coefficient (Wildman–Crippen LogP) is 1.67. The Morgan fingerprint density at radius 3 is 2.81 bits per heavy atom. The van der Waals surface area contributed by atoms with Crippen LogP contribution in [-0.4, -0.2) is 47.2 Å². The molecule has 0 amide bonds. The van der Waals surface area contributed by atoms with Crippen LogP contribution in [0, 0.1) is 10.1 Å². The van der Waals surface area contributed by atoms with Gasteiger partial charge in [0.25, 0.3) is 0 Å². The first-order chi connectivity index (χ1) is 9.90. The van der Waals surface area contributed by atoms with E-state index in [1.165, 1.54) is 4.68 Å². The minimum absolute atomic E-state index is 0.0154. The Kier molecular flexibility index (Phi) is 4.48. The van der Waals surface area contributed by atoms with Crippen LogP contribution < -0.4 is 5.32 Å². The van der Waals surface area contributed by atoms with Crippen LogP contribution in [0.1, 0.15) is 31.9 Å². The van der Waals surface area contributed by atoms with E-state index >= 15 is 0 Å². The lowest BCUT2D eigenvalue weighted by Crippen LogP contribution is -2.40. The van der Waals surface area contributed by atoms with Crippen molar-refractivity contribution in [1.82, 2.24) is 9.78 Å². The molecule has 1 aromatic rings. The fraction of sp³-hybridized carbons (Fsp3) is 0.769. The SMILES string of the molecule is COC1(CNc2c([N+](=O)[O-])c(C(C)C)nn2C)CCOC1. The number of ether oxygens (including phenoxy) is 2. The Morgan fingerprint density at radius 1 is 1.62 bits per heavy atom. The fourth-order valence-corrected chi connectivity index (χ4v) is 2.51. The number of nitrogens with zero attached hydrogens (tertiary/aromatic N) is 3. The Balaban J connectivity index is 2.25. The van der Waals surface area contributed by atoms with Crippen LogP contribution in [0.2, 0.25) is 0 Å². The molecule has 1 aliphatic heterocycles. The molecule has 8 nitrogen and oxygen atoms in total. The van der Waals surface area contributed by atoms with Crippen molar-refractivity contribution in [2.24, 2.45) is 7.05 Å². The predicted molar refractivity (Wildman–Crippen MR) is 77.6 cm³/mol. The maximum Gasteiger partial charge on any atom is 0.334 e. The molecule has 8 heteroatoms. The van der Waals surface area contributed by atoms with Gasteiger partial charge in [0, 0.05) is 39.6 Å². The van der Waals surface area contributed by atoms with E-state index in [4.69, 9.17) is 9.47 Å². The lowest BCUT2D eigenvalue weighted by atomic mass is 10.0. The van der Waals surface area contributed by atoms with Crippen LogP contribution in [0.25, 0.3) is 0 Å². The zero-order valence-electron chi connectivity index (χ0n) is 12.9. The topological polar surface area (TPSA) is 91.5 Å². The van der Waals surface area contributed by atoms with Gasteiger partial charge >= 0.3 is 5.69 Å². The standard InChI is InChI=1S/C13H22N4O4/c1-9(2)10-11(17(18)19)12(16(3)15-10)14-7-13(20-4)5-6-21-8-13/h9,14H,5-8H2,1-4H3. The number of hydrogen-bond donors (Lipinski definition) is 1. The monoisotopic (exact) mass is 298 g/mol. The van der Waals surface area contributed by atoms with Gasteiger partial charge in [0.05, 0.1) is 11.5 Å². The highest BCUT2D eigenvalue weighted by molar-refractivity contribution is 5.60. The molecule has 1 N–H and O–H groups in total. The number of methoxy groups -OCH3 is 1. The van der Waals surface area contributed by atoms with Crippen molar-refractivity contribution in [2.45, 2.75) is 31.8 Å². The molecule has 21 heavy (non-hydrogen) atoms. The molecule has 1 aromatic heterocycles. The first-order valence-electron chi connectivity index (χ1n) is 6.98. The summed E-state index contributed by atoms with van der Waals surface area (Å²) in [5.41, 5.74) is 0.0904. The average Bonchev–Trinajstić information content (AvgIpc) is 3.01. The number of nitro groups is 1. The minimum Gasteiger partial charge on any atom is -0.378 e. The third kappa shape index (κ3) is 3.01. The number of aryl methyl sites for hydroxylation is 1. The molecule has 0 aromatic carbocycles. The van der Waals surface area contributed by atoms with Crippen LogP contribution in [0.15, 0.2) is 0 Å². The summed E-state index contributed by atoms with van der Waals surface area (Å²) in [5.74, 6) is 0.394. The van der Waals surface area contributed by atoms with Gasteiger partial charge in [-0.15, -0.1) is 0 Å². The first kappa shape index (κ1) is 15.7. The number of anilines is 1. The second-order valence-corrected chi connectivity index (χ2v) is 5.66. The lowest BCUT2D eigenvalue weighted by Gasteiger charge is -2.26. The molecule has 2 rings (SSSR count). The van der Waals surface area contributed by atoms with Gasteiger partial charge in [-0.05, 0) is 0 Å². The van der Waals surface area contributed by atoms with E-state index in [9.17, 15) is 10.1 Å². The highest BCUT2D eigenvalue weighted by atomic mass is 16.6.